The van der Waals surface area contributed by atoms with Gasteiger partial charge in [-0.15, -0.1) is 0 Å². The highest BCUT2D eigenvalue weighted by Gasteiger charge is 2.35. The van der Waals surface area contributed by atoms with Gasteiger partial charge in [-0.2, -0.15) is 0 Å². The summed E-state index contributed by atoms with van der Waals surface area (Å²) in [5.74, 6) is -1.94. The lowest BCUT2D eigenvalue weighted by molar-refractivity contribution is 0.0434. The minimum absolute atomic E-state index is 0.273. The maximum Gasteiger partial charge on any atom is 0.253 e. The number of likely N-dealkylation sites (tertiary alicyclic amines) is 1. The second-order valence-corrected chi connectivity index (χ2v) is 6.38. The van der Waals surface area contributed by atoms with Crippen LogP contribution in [-0.4, -0.2) is 41.0 Å². The zero-order valence-corrected chi connectivity index (χ0v) is 15.1. The lowest BCUT2D eigenvalue weighted by Gasteiger charge is -2.36. The predicted molar refractivity (Wildman–Crippen MR) is 101 cm³/mol. The van der Waals surface area contributed by atoms with E-state index in [0.29, 0.717) is 10.5 Å². The number of nitrogens with zero attached hydrogens (tertiary/aromatic N) is 2. The topological polar surface area (TPSA) is 45.2 Å². The third-order valence-electron chi connectivity index (χ3n) is 3.84. The molecule has 1 amide bonds. The number of piperidine rings is 1. The molecule has 27 heavy (non-hydrogen) atoms. The molecule has 1 aliphatic rings. The van der Waals surface area contributed by atoms with Crippen LogP contribution in [-0.2, 0) is 6.50 Å². The van der Waals surface area contributed by atoms with E-state index >= 15 is 4.39 Å². The predicted octanol–water partition coefficient (Wildman–Crippen LogP) is 3.92. The summed E-state index contributed by atoms with van der Waals surface area (Å²) in [5, 5.41) is 1.39. The number of carbonyl (C=O) groups is 1. The molecule has 4 nitrogen and oxygen atoms in total. The Balaban J connectivity index is 1.95. The van der Waals surface area contributed by atoms with Gasteiger partial charge in [0.05, 0.1) is 10.7 Å². The third kappa shape index (κ3) is 5.02. The Bertz CT molecular complexity index is 1140. The number of amides is 1. The Labute approximate surface area is 173 Å². The highest BCUT2D eigenvalue weighted by Crippen LogP contribution is 2.27. The second-order valence-electron chi connectivity index (χ2n) is 5.97. The van der Waals surface area contributed by atoms with E-state index in [0.717, 1.165) is 18.2 Å². The largest absolute Gasteiger partial charge is 0.338 e. The van der Waals surface area contributed by atoms with E-state index in [2.05, 4.69) is 4.98 Å². The first-order valence-corrected chi connectivity index (χ1v) is 8.44. The van der Waals surface area contributed by atoms with Crippen molar-refractivity contribution < 1.29 is 24.5 Å². The number of pyridine rings is 1. The number of carbonyl (C=O) groups excluding carboxylic acids is 1. The molecule has 0 saturated carbocycles. The standard InChI is InChI=1S/C20H22ClF2N3O/c1-14-2-4-16(25-11-14)12-24-13-20(23)6-8-26(9-7-20)19(27)15-3-5-18(22)17(21)10-15/h2-5,10-11,24H,6-9,12-13H2,1H3/i6D2,8D2,12D2,13D2. The third-order valence-corrected chi connectivity index (χ3v) is 4.13. The molecule has 0 radical (unpaired) electrons. The monoisotopic (exact) mass is 401 g/mol. The fourth-order valence-electron chi connectivity index (χ4n) is 2.31. The second kappa shape index (κ2) is 8.31. The van der Waals surface area contributed by atoms with Crippen LogP contribution in [0.15, 0.2) is 36.5 Å². The van der Waals surface area contributed by atoms with Gasteiger partial charge in [0.1, 0.15) is 11.5 Å². The molecule has 2 aromatic rings. The molecule has 0 aliphatic carbocycles. The van der Waals surface area contributed by atoms with Crippen LogP contribution < -0.4 is 5.32 Å². The number of alkyl halides is 1. The Kier molecular flexibility index (Phi) is 3.61. The Morgan fingerprint density at radius 3 is 3.00 bits per heavy atom. The first-order valence-electron chi connectivity index (χ1n) is 12.1. The Morgan fingerprint density at radius 1 is 1.48 bits per heavy atom. The van der Waals surface area contributed by atoms with E-state index in [4.69, 9.17) is 22.6 Å². The number of aryl methyl sites for hydroxylation is 1. The van der Waals surface area contributed by atoms with Gasteiger partial charge in [0.15, 0.2) is 0 Å². The number of aromatic nitrogens is 1. The van der Waals surface area contributed by atoms with E-state index in [1.807, 2.05) is 5.32 Å². The van der Waals surface area contributed by atoms with Crippen molar-refractivity contribution in [2.75, 3.05) is 19.5 Å². The fraction of sp³-hybridized carbons (Fsp3) is 0.400. The summed E-state index contributed by atoms with van der Waals surface area (Å²) in [5.41, 5.74) is -3.50. The first kappa shape index (κ1) is 11.7. The van der Waals surface area contributed by atoms with Gasteiger partial charge in [0.2, 0.25) is 0 Å². The van der Waals surface area contributed by atoms with Gasteiger partial charge in [-0.1, -0.05) is 17.7 Å². The number of rotatable bonds is 5. The molecule has 7 heteroatoms. The molecule has 1 aromatic carbocycles. The van der Waals surface area contributed by atoms with Crippen molar-refractivity contribution in [2.24, 2.45) is 0 Å². The van der Waals surface area contributed by atoms with Crippen LogP contribution in [0.4, 0.5) is 8.78 Å². The summed E-state index contributed by atoms with van der Waals surface area (Å²) in [4.78, 5) is 17.2. The van der Waals surface area contributed by atoms with Crippen LogP contribution in [0.2, 0.25) is 5.02 Å². The van der Waals surface area contributed by atoms with Crippen LogP contribution in [0.1, 0.15) is 45.4 Å². The number of hydrogen-bond acceptors (Lipinski definition) is 3. The summed E-state index contributed by atoms with van der Waals surface area (Å²) < 4.78 is 95.5. The molecular formula is C20H22ClF2N3O. The summed E-state index contributed by atoms with van der Waals surface area (Å²) in [6.45, 7) is -8.65. The molecule has 2 heterocycles. The lowest BCUT2D eigenvalue weighted by Crippen LogP contribution is -2.48. The van der Waals surface area contributed by atoms with E-state index in [1.54, 1.807) is 6.92 Å². The summed E-state index contributed by atoms with van der Waals surface area (Å²) in [6, 6.07) is 5.56. The molecule has 0 bridgehead atoms. The first-order chi connectivity index (χ1) is 15.9. The minimum Gasteiger partial charge on any atom is -0.338 e. The Morgan fingerprint density at radius 2 is 2.30 bits per heavy atom. The lowest BCUT2D eigenvalue weighted by atomic mass is 9.92. The van der Waals surface area contributed by atoms with Crippen LogP contribution in [0.3, 0.4) is 0 Å². The zero-order chi connectivity index (χ0) is 26.6. The van der Waals surface area contributed by atoms with Crippen molar-refractivity contribution in [1.29, 1.82) is 0 Å². The van der Waals surface area contributed by atoms with E-state index in [-0.39, 0.29) is 11.3 Å². The fourth-order valence-corrected chi connectivity index (χ4v) is 2.49. The molecule has 1 unspecified atom stereocenters. The molecule has 1 N–H and O–H groups in total. The Hall–Kier alpha value is -2.05. The maximum absolute atomic E-state index is 16.2. The van der Waals surface area contributed by atoms with Crippen molar-refractivity contribution >= 4 is 17.5 Å². The summed E-state index contributed by atoms with van der Waals surface area (Å²) >= 11 is 5.68. The molecule has 3 rings (SSSR count). The van der Waals surface area contributed by atoms with Gasteiger partial charge in [-0.25, -0.2) is 8.78 Å². The van der Waals surface area contributed by atoms with Crippen LogP contribution in [0.5, 0.6) is 0 Å². The van der Waals surface area contributed by atoms with Crippen LogP contribution in [0.25, 0.3) is 0 Å². The SMILES string of the molecule is [2H]C([2H])(NC([2H])([2H])C1(F)CCN(C(=O)c2ccc(F)c(Cl)c2)C([2H])([2H])C1([2H])[2H])c1ccc(C)cn1. The van der Waals surface area contributed by atoms with E-state index in [9.17, 15) is 9.18 Å². The summed E-state index contributed by atoms with van der Waals surface area (Å²) in [7, 11) is 0. The average Bonchev–Trinajstić information content (AvgIpc) is 2.73. The van der Waals surface area contributed by atoms with Gasteiger partial charge in [-0.05, 0) is 36.8 Å². The number of benzene rings is 1. The van der Waals surface area contributed by atoms with Gasteiger partial charge in [-0.3, -0.25) is 9.78 Å². The van der Waals surface area contributed by atoms with Crippen LogP contribution >= 0.6 is 11.6 Å². The highest BCUT2D eigenvalue weighted by atomic mass is 35.5. The molecule has 0 spiro atoms. The van der Waals surface area contributed by atoms with Crippen molar-refractivity contribution in [1.82, 2.24) is 15.2 Å². The van der Waals surface area contributed by atoms with Crippen molar-refractivity contribution in [2.45, 2.75) is 31.9 Å². The number of nitrogens with one attached hydrogen (secondary N) is 1. The zero-order valence-electron chi connectivity index (χ0n) is 22.3. The van der Waals surface area contributed by atoms with Crippen molar-refractivity contribution in [3.8, 4) is 0 Å². The van der Waals surface area contributed by atoms with Gasteiger partial charge < -0.3 is 10.2 Å². The highest BCUT2D eigenvalue weighted by molar-refractivity contribution is 6.31. The number of hydrogen-bond donors (Lipinski definition) is 1. The smallest absolute Gasteiger partial charge is 0.253 e. The van der Waals surface area contributed by atoms with Gasteiger partial charge in [0, 0.05) is 61.6 Å². The molecule has 1 aliphatic heterocycles. The molecule has 1 atom stereocenters. The molecule has 144 valence electrons. The normalized spacial score (nSPS) is 29.1. The van der Waals surface area contributed by atoms with Gasteiger partial charge >= 0.3 is 0 Å². The molecule has 1 saturated heterocycles. The molecular weight excluding hydrogens is 372 g/mol. The van der Waals surface area contributed by atoms with Crippen LogP contribution in [0, 0.1) is 12.7 Å². The summed E-state index contributed by atoms with van der Waals surface area (Å²) in [6.07, 6.45) is -3.36. The van der Waals surface area contributed by atoms with Gasteiger partial charge in [0.25, 0.3) is 5.91 Å². The van der Waals surface area contributed by atoms with Crippen molar-refractivity contribution in [3.63, 3.8) is 0 Å². The molecule has 1 fully saturated rings. The molecule has 1 aromatic heterocycles. The average molecular weight is 402 g/mol. The maximum atomic E-state index is 16.2. The quantitative estimate of drug-likeness (QED) is 0.826. The van der Waals surface area contributed by atoms with E-state index in [1.165, 1.54) is 18.3 Å². The number of halogens is 3. The van der Waals surface area contributed by atoms with E-state index < -0.39 is 61.2 Å². The minimum atomic E-state index is -3.66. The van der Waals surface area contributed by atoms with Crippen molar-refractivity contribution in [3.05, 3.63) is 64.2 Å².